The Hall–Kier alpha value is -4.57. The number of morpholine rings is 1. The molecule has 14 nitrogen and oxygen atoms in total. The maximum absolute atomic E-state index is 12.7. The third kappa shape index (κ3) is 13.8. The zero-order valence-corrected chi connectivity index (χ0v) is 33.8. The smallest absolute Gasteiger partial charge is 0.271 e. The van der Waals surface area contributed by atoms with Crippen LogP contribution < -0.4 is 21.1 Å². The van der Waals surface area contributed by atoms with E-state index in [1.807, 2.05) is 12.1 Å². The summed E-state index contributed by atoms with van der Waals surface area (Å²) in [5, 5.41) is 34.6. The van der Waals surface area contributed by atoms with Crippen LogP contribution in [0.4, 0.5) is 11.4 Å². The van der Waals surface area contributed by atoms with Crippen molar-refractivity contribution in [2.45, 2.75) is 50.7 Å². The number of amides is 1. The SMILES string of the molecule is CCO.CNc1c(O)ccc(C(O)CNCCN(C)C(=O)CCOCCc2cccc(CCN3CCC4(CC3)CN(c3ccc[nH]c3=O)CCO4)c2)c1/C=C\C=O. The van der Waals surface area contributed by atoms with Gasteiger partial charge in [-0.15, -0.1) is 0 Å². The molecule has 57 heavy (non-hydrogen) atoms. The second kappa shape index (κ2) is 23.6. The number of piperidine rings is 1. The number of likely N-dealkylation sites (tertiary alicyclic amines) is 1. The third-order valence-corrected chi connectivity index (χ3v) is 10.5. The minimum absolute atomic E-state index is 0.0136. The number of aromatic amines is 1. The summed E-state index contributed by atoms with van der Waals surface area (Å²) in [6.07, 6.45) is 8.23. The van der Waals surface area contributed by atoms with Crippen LogP contribution in [0.3, 0.4) is 0 Å². The Balaban J connectivity index is 0.00000232. The molecule has 2 saturated heterocycles. The second-order valence-corrected chi connectivity index (χ2v) is 14.4. The number of H-pyrrole nitrogens is 1. The minimum atomic E-state index is -0.887. The van der Waals surface area contributed by atoms with Crippen molar-refractivity contribution in [1.82, 2.24) is 20.1 Å². The fourth-order valence-corrected chi connectivity index (χ4v) is 7.28. The number of nitrogens with one attached hydrogen (secondary N) is 3. The number of phenolic OH excluding ortho intramolecular Hbond substituents is 1. The van der Waals surface area contributed by atoms with E-state index in [1.165, 1.54) is 23.3 Å². The van der Waals surface area contributed by atoms with Gasteiger partial charge in [0.2, 0.25) is 5.91 Å². The van der Waals surface area contributed by atoms with Crippen molar-refractivity contribution in [3.8, 4) is 5.75 Å². The maximum atomic E-state index is 12.7. The van der Waals surface area contributed by atoms with E-state index < -0.39 is 6.10 Å². The van der Waals surface area contributed by atoms with E-state index in [9.17, 15) is 24.6 Å². The van der Waals surface area contributed by atoms with Crippen molar-refractivity contribution in [3.05, 3.63) is 93.4 Å². The molecule has 1 spiro atoms. The number of allylic oxidation sites excluding steroid dienone is 1. The van der Waals surface area contributed by atoms with Crippen LogP contribution in [0.5, 0.6) is 5.75 Å². The number of pyridine rings is 1. The Morgan fingerprint density at radius 2 is 1.86 bits per heavy atom. The van der Waals surface area contributed by atoms with Crippen molar-refractivity contribution in [2.75, 3.05) is 103 Å². The van der Waals surface area contributed by atoms with E-state index in [1.54, 1.807) is 44.3 Å². The molecule has 6 N–H and O–H groups in total. The molecule has 1 aromatic heterocycles. The number of hydrogen-bond donors (Lipinski definition) is 6. The number of aromatic hydroxyl groups is 1. The molecule has 312 valence electrons. The summed E-state index contributed by atoms with van der Waals surface area (Å²) < 4.78 is 12.2. The Kier molecular flexibility index (Phi) is 18.7. The molecule has 0 radical (unpaired) electrons. The highest BCUT2D eigenvalue weighted by molar-refractivity contribution is 5.81. The van der Waals surface area contributed by atoms with Crippen LogP contribution in [-0.2, 0) is 31.9 Å². The van der Waals surface area contributed by atoms with Gasteiger partial charge in [0.1, 0.15) is 17.7 Å². The molecule has 3 heterocycles. The highest BCUT2D eigenvalue weighted by atomic mass is 16.5. The number of carbonyl (C=O) groups is 2. The molecule has 5 rings (SSSR count). The summed E-state index contributed by atoms with van der Waals surface area (Å²) in [5.74, 6) is 0.00766. The van der Waals surface area contributed by atoms with Gasteiger partial charge in [0.25, 0.3) is 5.56 Å². The van der Waals surface area contributed by atoms with E-state index in [4.69, 9.17) is 14.6 Å². The fourth-order valence-electron chi connectivity index (χ4n) is 7.28. The number of aromatic nitrogens is 1. The van der Waals surface area contributed by atoms with Gasteiger partial charge in [-0.05, 0) is 79.6 Å². The first-order valence-electron chi connectivity index (χ1n) is 20.0. The zero-order chi connectivity index (χ0) is 41.0. The lowest BCUT2D eigenvalue weighted by molar-refractivity contribution is -0.131. The quantitative estimate of drug-likeness (QED) is 0.0454. The molecule has 0 bridgehead atoms. The summed E-state index contributed by atoms with van der Waals surface area (Å²) in [5.41, 5.74) is 4.53. The highest BCUT2D eigenvalue weighted by Gasteiger charge is 2.40. The standard InChI is InChI=1S/C41H56N6O7.C2H6O/c1-42-39-34(8-5-24-48)33(10-11-36(39)49)37(50)29-43-18-22-45(2)38(51)14-26-53-25-13-32-7-3-6-31(28-32)12-19-46-20-15-41(16-21-46)30-47(23-27-54-41)35-9-4-17-44-40(35)52;1-2-3/h3-11,17,24,28,37,42-43,49-50H,12-16,18-23,25-27,29-30H2,1-2H3,(H,44,52);3H,2H2,1H3/b8-5-;. The lowest BCUT2D eigenvalue weighted by atomic mass is 9.89. The number of hydrogen-bond acceptors (Lipinski definition) is 12. The third-order valence-electron chi connectivity index (χ3n) is 10.5. The summed E-state index contributed by atoms with van der Waals surface area (Å²) in [6, 6.07) is 15.5. The van der Waals surface area contributed by atoms with Crippen LogP contribution in [0, 0.1) is 0 Å². The lowest BCUT2D eigenvalue weighted by Gasteiger charge is -2.47. The van der Waals surface area contributed by atoms with E-state index in [2.05, 4.69) is 49.7 Å². The van der Waals surface area contributed by atoms with Crippen LogP contribution in [0.25, 0.3) is 6.08 Å². The van der Waals surface area contributed by atoms with E-state index >= 15 is 0 Å². The first-order valence-corrected chi connectivity index (χ1v) is 20.0. The average Bonchev–Trinajstić information content (AvgIpc) is 3.21. The molecule has 1 unspecified atom stereocenters. The van der Waals surface area contributed by atoms with Gasteiger partial charge in [0.15, 0.2) is 0 Å². The lowest BCUT2D eigenvalue weighted by Crippen LogP contribution is -2.57. The van der Waals surface area contributed by atoms with Gasteiger partial charge >= 0.3 is 0 Å². The topological polar surface area (TPSA) is 180 Å². The first-order chi connectivity index (χ1) is 27.6. The number of rotatable bonds is 19. The predicted molar refractivity (Wildman–Crippen MR) is 224 cm³/mol. The van der Waals surface area contributed by atoms with Crippen LogP contribution in [0.2, 0.25) is 0 Å². The fraction of sp³-hybridized carbons (Fsp3) is 0.512. The Bertz CT molecular complexity index is 1780. The highest BCUT2D eigenvalue weighted by Crippen LogP contribution is 2.34. The van der Waals surface area contributed by atoms with E-state index in [-0.39, 0.29) is 42.4 Å². The number of phenols is 1. The number of benzene rings is 2. The van der Waals surface area contributed by atoms with Crippen molar-refractivity contribution >= 4 is 29.6 Å². The molecule has 2 aromatic carbocycles. The molecule has 2 aliphatic rings. The van der Waals surface area contributed by atoms with Gasteiger partial charge in [-0.3, -0.25) is 14.4 Å². The van der Waals surface area contributed by atoms with E-state index in [0.717, 1.165) is 64.1 Å². The first kappa shape index (κ1) is 45.1. The Morgan fingerprint density at radius 3 is 2.58 bits per heavy atom. The molecule has 1 amide bonds. The number of anilines is 2. The summed E-state index contributed by atoms with van der Waals surface area (Å²) in [4.78, 5) is 45.0. The molecule has 3 aromatic rings. The second-order valence-electron chi connectivity index (χ2n) is 14.4. The van der Waals surface area contributed by atoms with Gasteiger partial charge in [-0.2, -0.15) is 0 Å². The summed E-state index contributed by atoms with van der Waals surface area (Å²) in [6.45, 7) is 9.05. The Morgan fingerprint density at radius 1 is 1.11 bits per heavy atom. The van der Waals surface area contributed by atoms with Gasteiger partial charge in [-0.1, -0.05) is 30.3 Å². The number of aldehydes is 1. The molecule has 1 atom stereocenters. The number of ether oxygens (including phenoxy) is 2. The van der Waals surface area contributed by atoms with Crippen molar-refractivity contribution in [3.63, 3.8) is 0 Å². The van der Waals surface area contributed by atoms with Crippen molar-refractivity contribution in [1.29, 1.82) is 0 Å². The average molecular weight is 791 g/mol. The van der Waals surface area contributed by atoms with E-state index in [0.29, 0.717) is 56.0 Å². The maximum Gasteiger partial charge on any atom is 0.271 e. The number of aliphatic hydroxyl groups is 2. The summed E-state index contributed by atoms with van der Waals surface area (Å²) in [7, 11) is 3.41. The monoisotopic (exact) mass is 790 g/mol. The molecule has 2 fully saturated rings. The molecule has 14 heteroatoms. The van der Waals surface area contributed by atoms with Gasteiger partial charge < -0.3 is 55.1 Å². The molecule has 0 saturated carbocycles. The van der Waals surface area contributed by atoms with Crippen LogP contribution in [0.15, 0.2) is 65.6 Å². The van der Waals surface area contributed by atoms with Gasteiger partial charge in [0.05, 0.1) is 43.6 Å². The largest absolute Gasteiger partial charge is 0.506 e. The normalized spacial score (nSPS) is 15.9. The summed E-state index contributed by atoms with van der Waals surface area (Å²) >= 11 is 0. The Labute approximate surface area is 336 Å². The van der Waals surface area contributed by atoms with Gasteiger partial charge in [-0.25, -0.2) is 0 Å². The predicted octanol–water partition coefficient (Wildman–Crippen LogP) is 2.98. The van der Waals surface area contributed by atoms with Crippen molar-refractivity contribution in [2.24, 2.45) is 0 Å². The van der Waals surface area contributed by atoms with Crippen LogP contribution >= 0.6 is 0 Å². The molecular formula is C43H62N6O8. The van der Waals surface area contributed by atoms with Gasteiger partial charge in [0, 0.05) is 84.8 Å². The number of nitrogens with zero attached hydrogens (tertiary/aromatic N) is 3. The zero-order valence-electron chi connectivity index (χ0n) is 33.8. The number of carbonyl (C=O) groups excluding carboxylic acids is 2. The molecule has 0 aliphatic carbocycles. The van der Waals surface area contributed by atoms with Crippen LogP contribution in [-0.4, -0.2) is 141 Å². The number of aliphatic hydroxyl groups excluding tert-OH is 2. The molecule has 2 aliphatic heterocycles. The number of likely N-dealkylation sites (N-methyl/N-ethyl adjacent to an activating group) is 1. The van der Waals surface area contributed by atoms with Crippen LogP contribution in [0.1, 0.15) is 54.5 Å². The molecular weight excluding hydrogens is 729 g/mol. The minimum Gasteiger partial charge on any atom is -0.506 e. The van der Waals surface area contributed by atoms with Crippen molar-refractivity contribution < 1.29 is 34.4 Å².